The van der Waals surface area contributed by atoms with Gasteiger partial charge >= 0.3 is 0 Å². The third-order valence-electron chi connectivity index (χ3n) is 7.61. The number of para-hydroxylation sites is 1. The highest BCUT2D eigenvalue weighted by molar-refractivity contribution is 5.60. The molecule has 2 aliphatic heterocycles. The Morgan fingerprint density at radius 2 is 1.45 bits per heavy atom. The van der Waals surface area contributed by atoms with Crippen molar-refractivity contribution in [2.24, 2.45) is 7.05 Å². The third kappa shape index (κ3) is 4.99. The molecule has 2 saturated heterocycles. The quantitative estimate of drug-likeness (QED) is 0.444. The van der Waals surface area contributed by atoms with Crippen molar-refractivity contribution in [1.29, 1.82) is 0 Å². The van der Waals surface area contributed by atoms with E-state index < -0.39 is 0 Å². The molecule has 1 N–H and O–H groups in total. The first kappa shape index (κ1) is 24.2. The molecule has 6 rings (SSSR count). The summed E-state index contributed by atoms with van der Waals surface area (Å²) in [6.07, 6.45) is 3.45. The number of hydrogen-bond donors (Lipinski definition) is 1. The Hall–Kier alpha value is -4.17. The van der Waals surface area contributed by atoms with Gasteiger partial charge in [-0.05, 0) is 42.0 Å². The van der Waals surface area contributed by atoms with Crippen LogP contribution in [0.15, 0.2) is 90.0 Å². The molecule has 2 aromatic heterocycles. The highest BCUT2D eigenvalue weighted by Crippen LogP contribution is 2.26. The van der Waals surface area contributed by atoms with Gasteiger partial charge in [0.15, 0.2) is 0 Å². The maximum absolute atomic E-state index is 12.8. The van der Waals surface area contributed by atoms with Crippen molar-refractivity contribution in [3.8, 4) is 11.3 Å². The molecule has 0 saturated carbocycles. The molecule has 0 aliphatic carbocycles. The molecule has 4 heterocycles. The highest BCUT2D eigenvalue weighted by Gasteiger charge is 2.25. The number of piperazine rings is 2. The van der Waals surface area contributed by atoms with Crippen LogP contribution in [-0.4, -0.2) is 60.3 Å². The van der Waals surface area contributed by atoms with Crippen LogP contribution in [0.25, 0.3) is 11.3 Å². The summed E-state index contributed by atoms with van der Waals surface area (Å²) in [4.78, 5) is 28.9. The maximum Gasteiger partial charge on any atom is 0.255 e. The Labute approximate surface area is 223 Å². The van der Waals surface area contributed by atoms with Crippen LogP contribution in [0.3, 0.4) is 0 Å². The van der Waals surface area contributed by atoms with E-state index in [-0.39, 0.29) is 11.6 Å². The minimum Gasteiger partial charge on any atom is -0.368 e. The smallest absolute Gasteiger partial charge is 0.255 e. The minimum absolute atomic E-state index is 0.0615. The van der Waals surface area contributed by atoms with E-state index in [1.165, 1.54) is 16.9 Å². The van der Waals surface area contributed by atoms with E-state index in [2.05, 4.69) is 79.6 Å². The van der Waals surface area contributed by atoms with Crippen molar-refractivity contribution in [3.63, 3.8) is 0 Å². The highest BCUT2D eigenvalue weighted by atomic mass is 16.1. The molecular weight excluding hydrogens is 474 g/mol. The van der Waals surface area contributed by atoms with E-state index >= 15 is 0 Å². The summed E-state index contributed by atoms with van der Waals surface area (Å²) in [5, 5.41) is 3.65. The normalized spacial score (nSPS) is 18.0. The Kier molecular flexibility index (Phi) is 6.79. The van der Waals surface area contributed by atoms with Gasteiger partial charge in [0.1, 0.15) is 0 Å². The van der Waals surface area contributed by atoms with Gasteiger partial charge in [0, 0.05) is 94.3 Å². The fraction of sp³-hybridized carbons (Fsp3) is 0.300. The second-order valence-corrected chi connectivity index (χ2v) is 9.93. The lowest BCUT2D eigenvalue weighted by Crippen LogP contribution is -2.48. The Morgan fingerprint density at radius 1 is 0.789 bits per heavy atom. The van der Waals surface area contributed by atoms with Crippen molar-refractivity contribution in [2.75, 3.05) is 60.5 Å². The molecule has 0 unspecified atom stereocenters. The number of benzene rings is 2. The first-order valence-electron chi connectivity index (χ1n) is 13.3. The summed E-state index contributed by atoms with van der Waals surface area (Å²) in [5.74, 6) is 0.698. The zero-order valence-corrected chi connectivity index (χ0v) is 21.7. The van der Waals surface area contributed by atoms with E-state index in [1.54, 1.807) is 30.1 Å². The largest absolute Gasteiger partial charge is 0.368 e. The average Bonchev–Trinajstić information content (AvgIpc) is 2.99. The van der Waals surface area contributed by atoms with Crippen molar-refractivity contribution in [1.82, 2.24) is 19.9 Å². The van der Waals surface area contributed by atoms with Crippen LogP contribution in [0.2, 0.25) is 0 Å². The summed E-state index contributed by atoms with van der Waals surface area (Å²) in [6, 6.07) is 25.1. The average molecular weight is 508 g/mol. The molecule has 0 bridgehead atoms. The standard InChI is InChI=1S/C30H33N7O/c1-34-29(38)21-27(24-11-13-31-14-12-24)33-30(34)37-16-15-32-28(22-37)23-7-9-26(10-8-23)36-19-17-35(18-20-36)25-5-3-2-4-6-25/h2-14,21,28,32H,15-20,22H2,1H3/t28-/m1/s1. The molecule has 0 amide bonds. The second-order valence-electron chi connectivity index (χ2n) is 9.93. The summed E-state index contributed by atoms with van der Waals surface area (Å²) in [5.41, 5.74) is 5.32. The minimum atomic E-state index is -0.0615. The molecule has 2 fully saturated rings. The topological polar surface area (TPSA) is 69.5 Å². The van der Waals surface area contributed by atoms with Crippen LogP contribution < -0.4 is 25.6 Å². The van der Waals surface area contributed by atoms with E-state index in [9.17, 15) is 4.79 Å². The zero-order valence-electron chi connectivity index (χ0n) is 21.7. The molecule has 0 radical (unpaired) electrons. The number of hydrogen-bond acceptors (Lipinski definition) is 7. The van der Waals surface area contributed by atoms with Crippen LogP contribution in [0.5, 0.6) is 0 Å². The Bertz CT molecular complexity index is 1410. The number of rotatable bonds is 5. The molecule has 0 spiro atoms. The summed E-state index contributed by atoms with van der Waals surface area (Å²) in [7, 11) is 1.80. The lowest BCUT2D eigenvalue weighted by Gasteiger charge is -2.38. The van der Waals surface area contributed by atoms with Gasteiger partial charge in [-0.15, -0.1) is 0 Å². The van der Waals surface area contributed by atoms with Gasteiger partial charge < -0.3 is 20.0 Å². The van der Waals surface area contributed by atoms with Gasteiger partial charge in [-0.25, -0.2) is 4.98 Å². The summed E-state index contributed by atoms with van der Waals surface area (Å²) < 4.78 is 1.64. The van der Waals surface area contributed by atoms with Gasteiger partial charge in [0.25, 0.3) is 5.56 Å². The third-order valence-corrected chi connectivity index (χ3v) is 7.61. The fourth-order valence-corrected chi connectivity index (χ4v) is 5.41. The second kappa shape index (κ2) is 10.7. The SMILES string of the molecule is Cn1c(N2CCN[C@@H](c3ccc(N4CCN(c5ccccc5)CC4)cc3)C2)nc(-c2ccncc2)cc1=O. The van der Waals surface area contributed by atoms with Crippen molar-refractivity contribution < 1.29 is 0 Å². The molecule has 1 atom stereocenters. The number of nitrogens with one attached hydrogen (secondary N) is 1. The summed E-state index contributed by atoms with van der Waals surface area (Å²) >= 11 is 0. The molecule has 194 valence electrons. The summed E-state index contributed by atoms with van der Waals surface area (Å²) in [6.45, 7) is 6.43. The monoisotopic (exact) mass is 507 g/mol. The molecule has 2 aromatic carbocycles. The Balaban J connectivity index is 1.14. The van der Waals surface area contributed by atoms with E-state index in [1.807, 2.05) is 12.1 Å². The van der Waals surface area contributed by atoms with E-state index in [0.29, 0.717) is 11.6 Å². The van der Waals surface area contributed by atoms with Crippen molar-refractivity contribution >= 4 is 17.3 Å². The molecule has 2 aliphatic rings. The van der Waals surface area contributed by atoms with Gasteiger partial charge in [-0.2, -0.15) is 0 Å². The van der Waals surface area contributed by atoms with Gasteiger partial charge in [-0.1, -0.05) is 30.3 Å². The Morgan fingerprint density at radius 3 is 2.13 bits per heavy atom. The fourth-order valence-electron chi connectivity index (χ4n) is 5.41. The molecule has 4 aromatic rings. The van der Waals surface area contributed by atoms with Crippen LogP contribution >= 0.6 is 0 Å². The van der Waals surface area contributed by atoms with Crippen molar-refractivity contribution in [3.05, 3.63) is 101 Å². The van der Waals surface area contributed by atoms with Gasteiger partial charge in [0.2, 0.25) is 5.95 Å². The molecule has 38 heavy (non-hydrogen) atoms. The van der Waals surface area contributed by atoms with Crippen molar-refractivity contribution in [2.45, 2.75) is 6.04 Å². The first-order valence-corrected chi connectivity index (χ1v) is 13.3. The van der Waals surface area contributed by atoms with Gasteiger partial charge in [0.05, 0.1) is 5.69 Å². The van der Waals surface area contributed by atoms with E-state index in [4.69, 9.17) is 4.98 Å². The zero-order chi connectivity index (χ0) is 25.9. The number of pyridine rings is 1. The lowest BCUT2D eigenvalue weighted by molar-refractivity contribution is 0.462. The first-order chi connectivity index (χ1) is 18.7. The molecule has 8 nitrogen and oxygen atoms in total. The van der Waals surface area contributed by atoms with Gasteiger partial charge in [-0.3, -0.25) is 14.3 Å². The predicted molar refractivity (Wildman–Crippen MR) is 153 cm³/mol. The van der Waals surface area contributed by atoms with Crippen LogP contribution in [0, 0.1) is 0 Å². The van der Waals surface area contributed by atoms with Crippen LogP contribution in [0.1, 0.15) is 11.6 Å². The molecule has 8 heteroatoms. The molecular formula is C30H33N7O. The predicted octanol–water partition coefficient (Wildman–Crippen LogP) is 3.32. The van der Waals surface area contributed by atoms with E-state index in [0.717, 1.165) is 51.4 Å². The van der Waals surface area contributed by atoms with Crippen LogP contribution in [0.4, 0.5) is 17.3 Å². The number of anilines is 3. The van der Waals surface area contributed by atoms with Crippen LogP contribution in [-0.2, 0) is 7.05 Å². The lowest BCUT2D eigenvalue weighted by atomic mass is 10.0. The maximum atomic E-state index is 12.8. The number of aromatic nitrogens is 3. The number of nitrogens with zero attached hydrogens (tertiary/aromatic N) is 6.